The number of rotatable bonds is 1. The highest BCUT2D eigenvalue weighted by atomic mass is 79.9. The smallest absolute Gasteiger partial charge is 0.147 e. The molecule has 0 spiro atoms. The van der Waals surface area contributed by atoms with Crippen molar-refractivity contribution in [2.45, 2.75) is 0 Å². The summed E-state index contributed by atoms with van der Waals surface area (Å²) in [5, 5.41) is 1.13. The van der Waals surface area contributed by atoms with Crippen LogP contribution in [0.5, 0.6) is 5.75 Å². The van der Waals surface area contributed by atoms with Crippen molar-refractivity contribution in [2.24, 2.45) is 0 Å². The van der Waals surface area contributed by atoms with Gasteiger partial charge in [0.05, 0.1) is 16.1 Å². The molecule has 0 amide bonds. The van der Waals surface area contributed by atoms with E-state index < -0.39 is 0 Å². The Morgan fingerprint density at radius 2 is 2.15 bits per heavy atom. The highest BCUT2D eigenvalue weighted by molar-refractivity contribution is 9.11. The van der Waals surface area contributed by atoms with Gasteiger partial charge in [0.25, 0.3) is 0 Å². The molecular formula is C9H7Br2NO. The Balaban J connectivity index is 2.85. The molecule has 0 atom stereocenters. The van der Waals surface area contributed by atoms with Crippen molar-refractivity contribution >= 4 is 42.8 Å². The molecular weight excluding hydrogens is 298 g/mol. The Bertz CT molecular complexity index is 450. The lowest BCUT2D eigenvalue weighted by atomic mass is 10.2. The third kappa shape index (κ3) is 1.38. The molecule has 2 aromatic rings. The Hall–Kier alpha value is -0.480. The van der Waals surface area contributed by atoms with E-state index in [4.69, 9.17) is 4.74 Å². The molecule has 0 radical (unpaired) electrons. The van der Waals surface area contributed by atoms with E-state index in [1.807, 2.05) is 18.3 Å². The normalized spacial score (nSPS) is 10.7. The van der Waals surface area contributed by atoms with Crippen LogP contribution >= 0.6 is 31.9 Å². The van der Waals surface area contributed by atoms with E-state index in [9.17, 15) is 0 Å². The third-order valence-corrected chi connectivity index (χ3v) is 3.28. The van der Waals surface area contributed by atoms with Crippen molar-refractivity contribution in [3.63, 3.8) is 0 Å². The number of benzene rings is 1. The van der Waals surface area contributed by atoms with Gasteiger partial charge in [0.15, 0.2) is 0 Å². The minimum atomic E-state index is 0.826. The molecule has 0 aliphatic carbocycles. The molecule has 0 saturated carbocycles. The largest absolute Gasteiger partial charge is 0.494 e. The molecule has 2 rings (SSSR count). The van der Waals surface area contributed by atoms with E-state index in [1.165, 1.54) is 0 Å². The van der Waals surface area contributed by atoms with E-state index in [1.54, 1.807) is 7.11 Å². The van der Waals surface area contributed by atoms with E-state index in [0.717, 1.165) is 25.6 Å². The Kier molecular flexibility index (Phi) is 2.34. The van der Waals surface area contributed by atoms with Gasteiger partial charge in [0, 0.05) is 17.1 Å². The predicted octanol–water partition coefficient (Wildman–Crippen LogP) is 3.70. The first-order chi connectivity index (χ1) is 6.24. The fourth-order valence-corrected chi connectivity index (χ4v) is 2.88. The van der Waals surface area contributed by atoms with Gasteiger partial charge in [0.2, 0.25) is 0 Å². The lowest BCUT2D eigenvalue weighted by Gasteiger charge is -2.06. The number of H-pyrrole nitrogens is 1. The maximum absolute atomic E-state index is 5.25. The zero-order valence-electron chi connectivity index (χ0n) is 6.90. The summed E-state index contributed by atoms with van der Waals surface area (Å²) in [4.78, 5) is 3.14. The third-order valence-electron chi connectivity index (χ3n) is 1.91. The highest BCUT2D eigenvalue weighted by Crippen LogP contribution is 2.38. The van der Waals surface area contributed by atoms with Crippen LogP contribution in [0.1, 0.15) is 0 Å². The van der Waals surface area contributed by atoms with Gasteiger partial charge in [0.1, 0.15) is 5.75 Å². The zero-order chi connectivity index (χ0) is 9.42. The van der Waals surface area contributed by atoms with Crippen LogP contribution in [0.4, 0.5) is 0 Å². The molecule has 1 aromatic carbocycles. The molecule has 1 aromatic heterocycles. The molecule has 13 heavy (non-hydrogen) atoms. The van der Waals surface area contributed by atoms with Gasteiger partial charge in [-0.1, -0.05) is 0 Å². The lowest BCUT2D eigenvalue weighted by Crippen LogP contribution is -1.86. The van der Waals surface area contributed by atoms with Gasteiger partial charge in [-0.05, 0) is 44.0 Å². The molecule has 0 saturated heterocycles. The number of nitrogens with one attached hydrogen (secondary N) is 1. The summed E-state index contributed by atoms with van der Waals surface area (Å²) in [5.74, 6) is 0.826. The summed E-state index contributed by atoms with van der Waals surface area (Å²) in [6.45, 7) is 0. The number of halogens is 2. The van der Waals surface area contributed by atoms with Crippen LogP contribution in [0.3, 0.4) is 0 Å². The Morgan fingerprint density at radius 3 is 2.85 bits per heavy atom. The molecule has 2 nitrogen and oxygen atoms in total. The number of methoxy groups -OCH3 is 1. The van der Waals surface area contributed by atoms with E-state index in [0.29, 0.717) is 0 Å². The van der Waals surface area contributed by atoms with Crippen molar-refractivity contribution in [3.05, 3.63) is 27.3 Å². The molecule has 1 heterocycles. The van der Waals surface area contributed by atoms with Crippen LogP contribution in [0.25, 0.3) is 10.9 Å². The van der Waals surface area contributed by atoms with Gasteiger partial charge < -0.3 is 9.72 Å². The second-order valence-electron chi connectivity index (χ2n) is 2.64. The lowest BCUT2D eigenvalue weighted by molar-refractivity contribution is 0.410. The first-order valence-electron chi connectivity index (χ1n) is 3.73. The average Bonchev–Trinajstić information content (AvgIpc) is 2.53. The minimum Gasteiger partial charge on any atom is -0.494 e. The van der Waals surface area contributed by atoms with Gasteiger partial charge in [-0.2, -0.15) is 0 Å². The fraction of sp³-hybridized carbons (Fsp3) is 0.111. The van der Waals surface area contributed by atoms with E-state index in [2.05, 4.69) is 36.8 Å². The number of hydrogen-bond donors (Lipinski definition) is 1. The maximum atomic E-state index is 5.25. The summed E-state index contributed by atoms with van der Waals surface area (Å²) >= 11 is 6.94. The monoisotopic (exact) mass is 303 g/mol. The molecule has 68 valence electrons. The van der Waals surface area contributed by atoms with Crippen LogP contribution in [0.2, 0.25) is 0 Å². The van der Waals surface area contributed by atoms with Crippen LogP contribution in [0, 0.1) is 0 Å². The van der Waals surface area contributed by atoms with Crippen LogP contribution < -0.4 is 4.74 Å². The van der Waals surface area contributed by atoms with Gasteiger partial charge in [-0.15, -0.1) is 0 Å². The second kappa shape index (κ2) is 3.35. The summed E-state index contributed by atoms with van der Waals surface area (Å²) < 4.78 is 7.16. The van der Waals surface area contributed by atoms with Crippen molar-refractivity contribution < 1.29 is 4.74 Å². The molecule has 0 aliphatic heterocycles. The molecule has 0 bridgehead atoms. The van der Waals surface area contributed by atoms with E-state index >= 15 is 0 Å². The summed E-state index contributed by atoms with van der Waals surface area (Å²) in [7, 11) is 1.66. The standard InChI is InChI=1S/C9H7Br2NO/c1-13-9-6(10)4-7-5(8(9)11)2-3-12-7/h2-4,12H,1H3. The van der Waals surface area contributed by atoms with E-state index in [-0.39, 0.29) is 0 Å². The average molecular weight is 305 g/mol. The summed E-state index contributed by atoms with van der Waals surface area (Å²) in [6.07, 6.45) is 1.90. The van der Waals surface area contributed by atoms with Crippen molar-refractivity contribution in [2.75, 3.05) is 7.11 Å². The Labute approximate surface area is 92.5 Å². The van der Waals surface area contributed by atoms with Crippen LogP contribution in [-0.2, 0) is 0 Å². The quantitative estimate of drug-likeness (QED) is 0.854. The molecule has 1 N–H and O–H groups in total. The summed E-state index contributed by atoms with van der Waals surface area (Å²) in [6, 6.07) is 4.01. The topological polar surface area (TPSA) is 25.0 Å². The number of aromatic amines is 1. The molecule has 0 unspecified atom stereocenters. The number of fused-ring (bicyclic) bond motifs is 1. The molecule has 4 heteroatoms. The van der Waals surface area contributed by atoms with Gasteiger partial charge in [-0.25, -0.2) is 0 Å². The van der Waals surface area contributed by atoms with Gasteiger partial charge >= 0.3 is 0 Å². The SMILES string of the molecule is COc1c(Br)cc2[nH]ccc2c1Br. The summed E-state index contributed by atoms with van der Waals surface area (Å²) in [5.41, 5.74) is 1.08. The number of hydrogen-bond acceptors (Lipinski definition) is 1. The number of ether oxygens (including phenoxy) is 1. The fourth-order valence-electron chi connectivity index (χ4n) is 1.30. The first kappa shape index (κ1) is 9.09. The molecule has 0 aliphatic rings. The van der Waals surface area contributed by atoms with Crippen molar-refractivity contribution in [1.29, 1.82) is 0 Å². The Morgan fingerprint density at radius 1 is 1.38 bits per heavy atom. The number of aromatic nitrogens is 1. The predicted molar refractivity (Wildman–Crippen MR) is 60.3 cm³/mol. The molecule has 0 fully saturated rings. The van der Waals surface area contributed by atoms with Crippen molar-refractivity contribution in [1.82, 2.24) is 4.98 Å². The van der Waals surface area contributed by atoms with Crippen LogP contribution in [-0.4, -0.2) is 12.1 Å². The van der Waals surface area contributed by atoms with Crippen molar-refractivity contribution in [3.8, 4) is 5.75 Å². The highest BCUT2D eigenvalue weighted by Gasteiger charge is 2.10. The minimum absolute atomic E-state index is 0.826. The maximum Gasteiger partial charge on any atom is 0.147 e. The zero-order valence-corrected chi connectivity index (χ0v) is 10.1. The first-order valence-corrected chi connectivity index (χ1v) is 5.31. The van der Waals surface area contributed by atoms with Gasteiger partial charge in [-0.3, -0.25) is 0 Å². The van der Waals surface area contributed by atoms with Crippen LogP contribution in [0.15, 0.2) is 27.3 Å². The second-order valence-corrected chi connectivity index (χ2v) is 4.29.